The molecule has 0 aromatic carbocycles. The van der Waals surface area contributed by atoms with Crippen LogP contribution in [-0.2, 0) is 4.79 Å². The first-order chi connectivity index (χ1) is 6.84. The largest absolute Gasteiger partial charge is 0.386 e. The van der Waals surface area contributed by atoms with Gasteiger partial charge in [-0.15, -0.1) is 0 Å². The van der Waals surface area contributed by atoms with Crippen LogP contribution in [0.1, 0.15) is 40.0 Å². The molecule has 1 aliphatic heterocycles. The van der Waals surface area contributed by atoms with Crippen LogP contribution >= 0.6 is 0 Å². The zero-order chi connectivity index (χ0) is 11.7. The van der Waals surface area contributed by atoms with E-state index in [2.05, 4.69) is 0 Å². The van der Waals surface area contributed by atoms with E-state index in [1.54, 1.807) is 11.8 Å². The molecule has 0 spiro atoms. The molecule has 1 fully saturated rings. The number of nitrogens with two attached hydrogens (primary N) is 1. The maximum atomic E-state index is 11.9. The van der Waals surface area contributed by atoms with Crippen molar-refractivity contribution < 1.29 is 9.90 Å². The van der Waals surface area contributed by atoms with Gasteiger partial charge in [0.2, 0.25) is 5.91 Å². The summed E-state index contributed by atoms with van der Waals surface area (Å²) >= 11 is 0. The summed E-state index contributed by atoms with van der Waals surface area (Å²) in [5.41, 5.74) is 4.42. The number of rotatable bonds is 4. The summed E-state index contributed by atoms with van der Waals surface area (Å²) in [7, 11) is 0. The number of nitrogens with zero attached hydrogens (tertiary/aromatic N) is 1. The fourth-order valence-corrected chi connectivity index (χ4v) is 1.94. The number of hydrogen-bond donors (Lipinski definition) is 2. The molecule has 3 N–H and O–H groups in total. The monoisotopic (exact) mass is 214 g/mol. The minimum atomic E-state index is -0.784. The summed E-state index contributed by atoms with van der Waals surface area (Å²) in [6.45, 7) is 6.54. The van der Waals surface area contributed by atoms with Crippen LogP contribution < -0.4 is 5.73 Å². The molecular formula is C11H22N2O2. The van der Waals surface area contributed by atoms with Crippen molar-refractivity contribution in [1.82, 2.24) is 4.90 Å². The van der Waals surface area contributed by atoms with Crippen molar-refractivity contribution in [1.29, 1.82) is 0 Å². The van der Waals surface area contributed by atoms with Crippen molar-refractivity contribution in [2.75, 3.05) is 13.1 Å². The average Bonchev–Trinajstić information content (AvgIpc) is 2.13. The minimum Gasteiger partial charge on any atom is -0.386 e. The lowest BCUT2D eigenvalue weighted by Crippen LogP contribution is -2.68. The first kappa shape index (κ1) is 12.5. The second kappa shape index (κ2) is 4.10. The van der Waals surface area contributed by atoms with E-state index >= 15 is 0 Å². The quantitative estimate of drug-likeness (QED) is 0.715. The Balaban J connectivity index is 2.48. The first-order valence-corrected chi connectivity index (χ1v) is 5.65. The average molecular weight is 214 g/mol. The minimum absolute atomic E-state index is 0.0502. The Morgan fingerprint density at radius 3 is 2.47 bits per heavy atom. The van der Waals surface area contributed by atoms with Crippen molar-refractivity contribution in [3.05, 3.63) is 0 Å². The molecule has 1 amide bonds. The molecule has 4 nitrogen and oxygen atoms in total. The summed E-state index contributed by atoms with van der Waals surface area (Å²) in [5, 5.41) is 9.93. The van der Waals surface area contributed by atoms with E-state index in [1.807, 2.05) is 13.8 Å². The molecule has 1 unspecified atom stereocenters. The van der Waals surface area contributed by atoms with Gasteiger partial charge in [-0.2, -0.15) is 0 Å². The molecule has 0 saturated carbocycles. The lowest BCUT2D eigenvalue weighted by molar-refractivity contribution is -0.161. The van der Waals surface area contributed by atoms with Crippen LogP contribution in [0.2, 0.25) is 0 Å². The standard InChI is InChI=1S/C11H22N2O2/c1-4-6-11(15)7-13(8-11)9(14)10(3,12)5-2/h15H,4-8,12H2,1-3H3. The van der Waals surface area contributed by atoms with Crippen LogP contribution in [0.4, 0.5) is 0 Å². The molecule has 0 aromatic rings. The predicted octanol–water partition coefficient (Wildman–Crippen LogP) is 0.487. The van der Waals surface area contributed by atoms with Gasteiger partial charge in [-0.3, -0.25) is 4.79 Å². The van der Waals surface area contributed by atoms with Crippen LogP contribution in [0.3, 0.4) is 0 Å². The highest BCUT2D eigenvalue weighted by Crippen LogP contribution is 2.27. The van der Waals surface area contributed by atoms with Gasteiger partial charge in [0.15, 0.2) is 0 Å². The Morgan fingerprint density at radius 1 is 1.53 bits per heavy atom. The van der Waals surface area contributed by atoms with Crippen LogP contribution in [-0.4, -0.2) is 40.1 Å². The fourth-order valence-electron chi connectivity index (χ4n) is 1.94. The number of carbonyl (C=O) groups excluding carboxylic acids is 1. The lowest BCUT2D eigenvalue weighted by atomic mass is 9.86. The Morgan fingerprint density at radius 2 is 2.07 bits per heavy atom. The van der Waals surface area contributed by atoms with E-state index < -0.39 is 11.1 Å². The fraction of sp³-hybridized carbons (Fsp3) is 0.909. The van der Waals surface area contributed by atoms with Gasteiger partial charge in [0.25, 0.3) is 0 Å². The van der Waals surface area contributed by atoms with E-state index in [0.29, 0.717) is 19.5 Å². The smallest absolute Gasteiger partial charge is 0.242 e. The van der Waals surface area contributed by atoms with E-state index in [0.717, 1.165) is 12.8 Å². The Bertz CT molecular complexity index is 245. The molecule has 0 bridgehead atoms. The number of carbonyl (C=O) groups is 1. The first-order valence-electron chi connectivity index (χ1n) is 5.65. The van der Waals surface area contributed by atoms with Crippen LogP contribution in [0.15, 0.2) is 0 Å². The number of β-amino-alcohol motifs (C(OH)–C–C–N with tert-alkyl or cyclic N) is 1. The Hall–Kier alpha value is -0.610. The van der Waals surface area contributed by atoms with Gasteiger partial charge < -0.3 is 15.7 Å². The number of aliphatic hydroxyl groups is 1. The number of hydrogen-bond acceptors (Lipinski definition) is 3. The van der Waals surface area contributed by atoms with Crippen molar-refractivity contribution >= 4 is 5.91 Å². The highest BCUT2D eigenvalue weighted by molar-refractivity contribution is 5.86. The highest BCUT2D eigenvalue weighted by atomic mass is 16.3. The SMILES string of the molecule is CCCC1(O)CN(C(=O)C(C)(N)CC)C1. The maximum absolute atomic E-state index is 11.9. The second-order valence-electron chi connectivity index (χ2n) is 4.91. The van der Waals surface area contributed by atoms with Crippen LogP contribution in [0.5, 0.6) is 0 Å². The van der Waals surface area contributed by atoms with Gasteiger partial charge >= 0.3 is 0 Å². The summed E-state index contributed by atoms with van der Waals surface area (Å²) in [5.74, 6) is -0.0502. The molecule has 1 saturated heterocycles. The van der Waals surface area contributed by atoms with Gasteiger partial charge in [-0.25, -0.2) is 0 Å². The topological polar surface area (TPSA) is 66.6 Å². The second-order valence-corrected chi connectivity index (χ2v) is 4.91. The molecule has 1 aliphatic rings. The molecule has 4 heteroatoms. The van der Waals surface area contributed by atoms with Crippen molar-refractivity contribution in [3.63, 3.8) is 0 Å². The van der Waals surface area contributed by atoms with Crippen LogP contribution in [0, 0.1) is 0 Å². The Labute approximate surface area is 91.4 Å². The normalized spacial score (nSPS) is 23.1. The van der Waals surface area contributed by atoms with Gasteiger partial charge in [0.1, 0.15) is 0 Å². The summed E-state index contributed by atoms with van der Waals surface area (Å²) in [6, 6.07) is 0. The molecule has 15 heavy (non-hydrogen) atoms. The summed E-state index contributed by atoms with van der Waals surface area (Å²) in [6.07, 6.45) is 2.31. The molecule has 1 heterocycles. The maximum Gasteiger partial charge on any atom is 0.242 e. The molecule has 1 atom stereocenters. The van der Waals surface area contributed by atoms with E-state index in [9.17, 15) is 9.90 Å². The van der Waals surface area contributed by atoms with Gasteiger partial charge in [0, 0.05) is 0 Å². The van der Waals surface area contributed by atoms with Crippen molar-refractivity contribution in [2.45, 2.75) is 51.2 Å². The third kappa shape index (κ3) is 2.49. The molecular weight excluding hydrogens is 192 g/mol. The number of amides is 1. The van der Waals surface area contributed by atoms with E-state index in [-0.39, 0.29) is 5.91 Å². The lowest BCUT2D eigenvalue weighted by Gasteiger charge is -2.48. The molecule has 0 aromatic heterocycles. The highest BCUT2D eigenvalue weighted by Gasteiger charge is 2.46. The zero-order valence-corrected chi connectivity index (χ0v) is 9.92. The molecule has 0 radical (unpaired) electrons. The molecule has 0 aliphatic carbocycles. The summed E-state index contributed by atoms with van der Waals surface area (Å²) in [4.78, 5) is 13.5. The third-order valence-corrected chi connectivity index (χ3v) is 3.20. The van der Waals surface area contributed by atoms with Gasteiger partial charge in [-0.05, 0) is 19.8 Å². The third-order valence-electron chi connectivity index (χ3n) is 3.20. The molecule has 88 valence electrons. The van der Waals surface area contributed by atoms with E-state index in [1.165, 1.54) is 0 Å². The van der Waals surface area contributed by atoms with Crippen molar-refractivity contribution in [2.24, 2.45) is 5.73 Å². The van der Waals surface area contributed by atoms with Gasteiger partial charge in [-0.1, -0.05) is 20.3 Å². The van der Waals surface area contributed by atoms with Crippen LogP contribution in [0.25, 0.3) is 0 Å². The zero-order valence-electron chi connectivity index (χ0n) is 9.92. The van der Waals surface area contributed by atoms with Gasteiger partial charge in [0.05, 0.1) is 24.2 Å². The summed E-state index contributed by atoms with van der Waals surface area (Å²) < 4.78 is 0. The molecule has 1 rings (SSSR count). The van der Waals surface area contributed by atoms with E-state index in [4.69, 9.17) is 5.73 Å². The number of likely N-dealkylation sites (tertiary alicyclic amines) is 1. The van der Waals surface area contributed by atoms with Crippen molar-refractivity contribution in [3.8, 4) is 0 Å². The Kier molecular flexibility index (Phi) is 3.41. The predicted molar refractivity (Wildman–Crippen MR) is 59.3 cm³/mol.